The average Bonchev–Trinajstić information content (AvgIpc) is 2.81. The lowest BCUT2D eigenvalue weighted by Crippen LogP contribution is -2.41. The summed E-state index contributed by atoms with van der Waals surface area (Å²) in [5, 5.41) is 0. The molecule has 0 aromatic carbocycles. The summed E-state index contributed by atoms with van der Waals surface area (Å²) < 4.78 is 27.7. The van der Waals surface area contributed by atoms with Gasteiger partial charge >= 0.3 is 0 Å². The molecule has 0 unspecified atom stereocenters. The highest BCUT2D eigenvalue weighted by molar-refractivity contribution is 9.11. The molecule has 4 nitrogen and oxygen atoms in total. The lowest BCUT2D eigenvalue weighted by Gasteiger charge is -2.38. The molecule has 0 radical (unpaired) electrons. The van der Waals surface area contributed by atoms with Crippen molar-refractivity contribution in [1.82, 2.24) is 4.31 Å². The molecule has 20 heavy (non-hydrogen) atoms. The van der Waals surface area contributed by atoms with Gasteiger partial charge in [0, 0.05) is 24.5 Å². The Morgan fingerprint density at radius 1 is 1.45 bits per heavy atom. The highest BCUT2D eigenvalue weighted by atomic mass is 79.9. The van der Waals surface area contributed by atoms with Crippen LogP contribution in [0.5, 0.6) is 0 Å². The summed E-state index contributed by atoms with van der Waals surface area (Å²) in [5.41, 5.74) is 5.87. The molecule has 1 aliphatic heterocycles. The minimum Gasteiger partial charge on any atom is -0.326 e. The van der Waals surface area contributed by atoms with Crippen LogP contribution in [0.3, 0.4) is 0 Å². The lowest BCUT2D eigenvalue weighted by molar-refractivity contribution is 0.169. The smallest absolute Gasteiger partial charge is 0.245 e. The van der Waals surface area contributed by atoms with Gasteiger partial charge in [-0.2, -0.15) is 4.31 Å². The van der Waals surface area contributed by atoms with E-state index < -0.39 is 10.0 Å². The van der Waals surface area contributed by atoms with Crippen molar-refractivity contribution in [1.29, 1.82) is 0 Å². The van der Waals surface area contributed by atoms with Gasteiger partial charge in [-0.1, -0.05) is 20.3 Å². The fraction of sp³-hybridized carbons (Fsp3) is 0.692. The predicted octanol–water partition coefficient (Wildman–Crippen LogP) is 3.17. The molecule has 2 heterocycles. The Morgan fingerprint density at radius 2 is 2.05 bits per heavy atom. The maximum Gasteiger partial charge on any atom is 0.245 e. The van der Waals surface area contributed by atoms with E-state index in [0.717, 1.165) is 24.1 Å². The number of hydrogen-bond acceptors (Lipinski definition) is 4. The molecule has 1 aromatic heterocycles. The molecule has 0 atom stereocenters. The molecular formula is C13H21BrN2O2S2. The van der Waals surface area contributed by atoms with Crippen molar-refractivity contribution in [2.45, 2.75) is 44.6 Å². The first-order chi connectivity index (χ1) is 9.32. The second kappa shape index (κ2) is 6.04. The molecule has 0 spiro atoms. The second-order valence-corrected chi connectivity index (χ2v) is 9.98. The summed E-state index contributed by atoms with van der Waals surface area (Å²) in [6.45, 7) is 5.99. The fourth-order valence-corrected chi connectivity index (χ4v) is 6.39. The standard InChI is InChI=1S/C13H21BrN2O2S2/c1-3-13(2)4-6-16(7-5-13)20(17,18)11-8-10(9-15)19-12(11)14/h8H,3-7,9,15H2,1-2H3. The second-order valence-electron chi connectivity index (χ2n) is 5.62. The average molecular weight is 381 g/mol. The van der Waals surface area contributed by atoms with E-state index >= 15 is 0 Å². The lowest BCUT2D eigenvalue weighted by atomic mass is 9.79. The third kappa shape index (κ3) is 3.11. The number of nitrogens with zero attached hydrogens (tertiary/aromatic N) is 1. The van der Waals surface area contributed by atoms with Crippen LogP contribution in [-0.4, -0.2) is 25.8 Å². The molecule has 0 bridgehead atoms. The van der Waals surface area contributed by atoms with Crippen molar-refractivity contribution in [2.24, 2.45) is 11.1 Å². The molecule has 2 N–H and O–H groups in total. The molecule has 114 valence electrons. The number of sulfonamides is 1. The van der Waals surface area contributed by atoms with Gasteiger partial charge in [0.2, 0.25) is 10.0 Å². The van der Waals surface area contributed by atoms with Crippen LogP contribution in [0, 0.1) is 5.41 Å². The van der Waals surface area contributed by atoms with Crippen LogP contribution in [0.15, 0.2) is 14.7 Å². The third-order valence-corrected chi connectivity index (χ3v) is 8.48. The van der Waals surface area contributed by atoms with E-state index in [-0.39, 0.29) is 5.41 Å². The van der Waals surface area contributed by atoms with E-state index in [1.165, 1.54) is 11.3 Å². The van der Waals surface area contributed by atoms with Crippen LogP contribution < -0.4 is 5.73 Å². The number of piperidine rings is 1. The van der Waals surface area contributed by atoms with Crippen LogP contribution in [0.2, 0.25) is 0 Å². The van der Waals surface area contributed by atoms with Gasteiger partial charge in [-0.25, -0.2) is 8.42 Å². The molecule has 1 aromatic rings. The molecule has 2 rings (SSSR count). The van der Waals surface area contributed by atoms with E-state index in [1.54, 1.807) is 10.4 Å². The first-order valence-corrected chi connectivity index (χ1v) is 9.86. The zero-order chi connectivity index (χ0) is 15.0. The predicted molar refractivity (Wildman–Crippen MR) is 86.3 cm³/mol. The van der Waals surface area contributed by atoms with E-state index in [9.17, 15) is 8.42 Å². The van der Waals surface area contributed by atoms with E-state index in [1.807, 2.05) is 0 Å². The first-order valence-electron chi connectivity index (χ1n) is 6.81. The Hall–Kier alpha value is 0.0500. The minimum atomic E-state index is -3.40. The Labute approximate surface area is 133 Å². The summed E-state index contributed by atoms with van der Waals surface area (Å²) >= 11 is 4.75. The van der Waals surface area contributed by atoms with Crippen LogP contribution in [0.1, 0.15) is 38.0 Å². The summed E-state index contributed by atoms with van der Waals surface area (Å²) in [5.74, 6) is 0. The molecule has 1 saturated heterocycles. The zero-order valence-corrected chi connectivity index (χ0v) is 15.1. The largest absolute Gasteiger partial charge is 0.326 e. The van der Waals surface area contributed by atoms with Crippen molar-refractivity contribution in [3.05, 3.63) is 14.7 Å². The number of hydrogen-bond donors (Lipinski definition) is 1. The number of halogens is 1. The number of nitrogens with two attached hydrogens (primary N) is 1. The minimum absolute atomic E-state index is 0.278. The summed E-state index contributed by atoms with van der Waals surface area (Å²) in [6, 6.07) is 1.69. The third-order valence-electron chi connectivity index (χ3n) is 4.31. The van der Waals surface area contributed by atoms with E-state index in [0.29, 0.717) is 28.3 Å². The SMILES string of the molecule is CCC1(C)CCN(S(=O)(=O)c2cc(CN)sc2Br)CC1. The van der Waals surface area contributed by atoms with Gasteiger partial charge in [0.05, 0.1) is 3.79 Å². The van der Waals surface area contributed by atoms with Gasteiger partial charge in [-0.05, 0) is 40.3 Å². The molecule has 0 saturated carbocycles. The van der Waals surface area contributed by atoms with Gasteiger partial charge < -0.3 is 5.73 Å². The van der Waals surface area contributed by atoms with Crippen molar-refractivity contribution >= 4 is 37.3 Å². The molecule has 0 aliphatic carbocycles. The maximum atomic E-state index is 12.7. The monoisotopic (exact) mass is 380 g/mol. The van der Waals surface area contributed by atoms with Gasteiger partial charge in [-0.3, -0.25) is 0 Å². The van der Waals surface area contributed by atoms with Crippen LogP contribution in [0.25, 0.3) is 0 Å². The van der Waals surface area contributed by atoms with Gasteiger partial charge in [-0.15, -0.1) is 11.3 Å². The van der Waals surface area contributed by atoms with Gasteiger partial charge in [0.15, 0.2) is 0 Å². The van der Waals surface area contributed by atoms with Crippen molar-refractivity contribution in [3.63, 3.8) is 0 Å². The van der Waals surface area contributed by atoms with Crippen LogP contribution >= 0.6 is 27.3 Å². The number of thiophene rings is 1. The maximum absolute atomic E-state index is 12.7. The molecule has 1 aliphatic rings. The van der Waals surface area contributed by atoms with E-state index in [4.69, 9.17) is 5.73 Å². The van der Waals surface area contributed by atoms with Gasteiger partial charge in [0.25, 0.3) is 0 Å². The van der Waals surface area contributed by atoms with E-state index in [2.05, 4.69) is 29.8 Å². The summed E-state index contributed by atoms with van der Waals surface area (Å²) in [6.07, 6.45) is 2.95. The number of rotatable bonds is 4. The Morgan fingerprint density at radius 3 is 2.50 bits per heavy atom. The Balaban J connectivity index is 2.21. The van der Waals surface area contributed by atoms with Crippen LogP contribution in [0.4, 0.5) is 0 Å². The first kappa shape index (κ1) is 16.4. The zero-order valence-electron chi connectivity index (χ0n) is 11.9. The quantitative estimate of drug-likeness (QED) is 0.871. The molecular weight excluding hydrogens is 360 g/mol. The Kier molecular flexibility index (Phi) is 4.96. The normalized spacial score (nSPS) is 20.2. The van der Waals surface area contributed by atoms with Gasteiger partial charge in [0.1, 0.15) is 4.90 Å². The van der Waals surface area contributed by atoms with Crippen molar-refractivity contribution in [3.8, 4) is 0 Å². The highest BCUT2D eigenvalue weighted by Crippen LogP contribution is 2.38. The summed E-state index contributed by atoms with van der Waals surface area (Å²) in [7, 11) is -3.40. The molecule has 7 heteroatoms. The van der Waals surface area contributed by atoms with Crippen molar-refractivity contribution < 1.29 is 8.42 Å². The van der Waals surface area contributed by atoms with Crippen LogP contribution in [-0.2, 0) is 16.6 Å². The van der Waals surface area contributed by atoms with Crippen molar-refractivity contribution in [2.75, 3.05) is 13.1 Å². The highest BCUT2D eigenvalue weighted by Gasteiger charge is 2.35. The topological polar surface area (TPSA) is 63.4 Å². The Bertz CT molecular complexity index is 575. The molecule has 0 amide bonds. The fourth-order valence-electron chi connectivity index (χ4n) is 2.43. The molecule has 1 fully saturated rings. The summed E-state index contributed by atoms with van der Waals surface area (Å²) in [4.78, 5) is 1.24.